The summed E-state index contributed by atoms with van der Waals surface area (Å²) in [6.07, 6.45) is 1.19. The summed E-state index contributed by atoms with van der Waals surface area (Å²) < 4.78 is 5.34. The highest BCUT2D eigenvalue weighted by atomic mass is 16.5. The van der Waals surface area contributed by atoms with E-state index in [-0.39, 0.29) is 17.9 Å². The maximum atomic E-state index is 12.1. The summed E-state index contributed by atoms with van der Waals surface area (Å²) in [4.78, 5) is 25.2. The normalized spacial score (nSPS) is 18.8. The fourth-order valence-electron chi connectivity index (χ4n) is 2.27. The van der Waals surface area contributed by atoms with Crippen LogP contribution in [0.5, 0.6) is 5.75 Å². The van der Waals surface area contributed by atoms with E-state index in [1.165, 1.54) is 0 Å². The lowest BCUT2D eigenvalue weighted by Crippen LogP contribution is -2.48. The molecule has 5 heteroatoms. The van der Waals surface area contributed by atoms with Crippen LogP contribution in [0, 0.1) is 0 Å². The van der Waals surface area contributed by atoms with Gasteiger partial charge in [-0.2, -0.15) is 0 Å². The molecule has 1 fully saturated rings. The van der Waals surface area contributed by atoms with Crippen molar-refractivity contribution in [3.8, 4) is 5.75 Å². The SMILES string of the molecule is CCOc1ccc(C(=O)NC2CCC(=O)N(C)C2)cc1. The molecule has 1 aliphatic heterocycles. The third kappa shape index (κ3) is 3.50. The Kier molecular flexibility index (Phi) is 4.61. The van der Waals surface area contributed by atoms with Crippen molar-refractivity contribution in [3.63, 3.8) is 0 Å². The minimum Gasteiger partial charge on any atom is -0.494 e. The van der Waals surface area contributed by atoms with E-state index in [0.29, 0.717) is 31.6 Å². The molecular formula is C15H20N2O3. The molecule has 1 unspecified atom stereocenters. The molecule has 0 bridgehead atoms. The minimum atomic E-state index is -0.110. The number of ether oxygens (including phenoxy) is 1. The van der Waals surface area contributed by atoms with Crippen molar-refractivity contribution in [3.05, 3.63) is 29.8 Å². The maximum absolute atomic E-state index is 12.1. The molecule has 2 rings (SSSR count). The summed E-state index contributed by atoms with van der Waals surface area (Å²) >= 11 is 0. The summed E-state index contributed by atoms with van der Waals surface area (Å²) in [5.41, 5.74) is 0.605. The summed E-state index contributed by atoms with van der Waals surface area (Å²) in [7, 11) is 1.76. The predicted molar refractivity (Wildman–Crippen MR) is 75.7 cm³/mol. The molecule has 2 amide bonds. The number of nitrogens with zero attached hydrogens (tertiary/aromatic N) is 1. The predicted octanol–water partition coefficient (Wildman–Crippen LogP) is 1.44. The van der Waals surface area contributed by atoms with Gasteiger partial charge in [0, 0.05) is 31.6 Å². The van der Waals surface area contributed by atoms with Crippen molar-refractivity contribution in [2.45, 2.75) is 25.8 Å². The van der Waals surface area contributed by atoms with Crippen LogP contribution < -0.4 is 10.1 Å². The largest absolute Gasteiger partial charge is 0.494 e. The van der Waals surface area contributed by atoms with E-state index in [2.05, 4.69) is 5.32 Å². The molecule has 0 saturated carbocycles. The zero-order valence-electron chi connectivity index (χ0n) is 11.9. The summed E-state index contributed by atoms with van der Waals surface area (Å²) in [5, 5.41) is 2.96. The zero-order valence-corrected chi connectivity index (χ0v) is 11.9. The second kappa shape index (κ2) is 6.41. The van der Waals surface area contributed by atoms with E-state index in [0.717, 1.165) is 5.75 Å². The molecule has 1 heterocycles. The second-order valence-corrected chi connectivity index (χ2v) is 4.94. The summed E-state index contributed by atoms with van der Waals surface area (Å²) in [6, 6.07) is 7.09. The van der Waals surface area contributed by atoms with E-state index in [1.54, 1.807) is 36.2 Å². The van der Waals surface area contributed by atoms with Crippen LogP contribution in [0.4, 0.5) is 0 Å². The first kappa shape index (κ1) is 14.4. The first-order chi connectivity index (χ1) is 9.60. The average molecular weight is 276 g/mol. The number of hydrogen-bond acceptors (Lipinski definition) is 3. The number of carbonyl (C=O) groups excluding carboxylic acids is 2. The maximum Gasteiger partial charge on any atom is 0.251 e. The number of nitrogens with one attached hydrogen (secondary N) is 1. The Morgan fingerprint density at radius 2 is 2.10 bits per heavy atom. The van der Waals surface area contributed by atoms with Gasteiger partial charge >= 0.3 is 0 Å². The van der Waals surface area contributed by atoms with Gasteiger partial charge in [-0.25, -0.2) is 0 Å². The number of carbonyl (C=O) groups is 2. The third-order valence-corrected chi connectivity index (χ3v) is 3.39. The number of likely N-dealkylation sites (tertiary alicyclic amines) is 1. The van der Waals surface area contributed by atoms with E-state index in [4.69, 9.17) is 4.74 Å². The Bertz CT molecular complexity index is 484. The molecule has 1 N–H and O–H groups in total. The summed E-state index contributed by atoms with van der Waals surface area (Å²) in [5.74, 6) is 0.782. The standard InChI is InChI=1S/C15H20N2O3/c1-3-20-13-7-4-11(5-8-13)15(19)16-12-6-9-14(18)17(2)10-12/h4-5,7-8,12H,3,6,9-10H2,1-2H3,(H,16,19). The lowest BCUT2D eigenvalue weighted by atomic mass is 10.1. The first-order valence-corrected chi connectivity index (χ1v) is 6.88. The Labute approximate surface area is 118 Å². The van der Waals surface area contributed by atoms with Gasteiger partial charge in [-0.15, -0.1) is 0 Å². The monoisotopic (exact) mass is 276 g/mol. The van der Waals surface area contributed by atoms with E-state index in [9.17, 15) is 9.59 Å². The van der Waals surface area contributed by atoms with Gasteiger partial charge in [0.25, 0.3) is 5.91 Å². The van der Waals surface area contributed by atoms with Gasteiger partial charge in [-0.05, 0) is 37.6 Å². The Morgan fingerprint density at radius 1 is 1.40 bits per heavy atom. The second-order valence-electron chi connectivity index (χ2n) is 4.94. The van der Waals surface area contributed by atoms with Crippen LogP contribution >= 0.6 is 0 Å². The van der Waals surface area contributed by atoms with E-state index in [1.807, 2.05) is 6.92 Å². The average Bonchev–Trinajstić information content (AvgIpc) is 2.44. The van der Waals surface area contributed by atoms with Crippen LogP contribution in [-0.4, -0.2) is 43.0 Å². The first-order valence-electron chi connectivity index (χ1n) is 6.88. The van der Waals surface area contributed by atoms with Gasteiger partial charge in [0.15, 0.2) is 0 Å². The van der Waals surface area contributed by atoms with Crippen molar-refractivity contribution in [2.24, 2.45) is 0 Å². The quantitative estimate of drug-likeness (QED) is 0.905. The van der Waals surface area contributed by atoms with Crippen molar-refractivity contribution in [1.82, 2.24) is 10.2 Å². The third-order valence-electron chi connectivity index (χ3n) is 3.39. The van der Waals surface area contributed by atoms with Crippen molar-refractivity contribution in [2.75, 3.05) is 20.2 Å². The molecule has 1 aromatic rings. The molecule has 5 nitrogen and oxygen atoms in total. The van der Waals surface area contributed by atoms with Gasteiger partial charge in [0.1, 0.15) is 5.75 Å². The summed E-state index contributed by atoms with van der Waals surface area (Å²) in [6.45, 7) is 3.09. The Hall–Kier alpha value is -2.04. The number of hydrogen-bond donors (Lipinski definition) is 1. The molecule has 0 spiro atoms. The topological polar surface area (TPSA) is 58.6 Å². The van der Waals surface area contributed by atoms with Gasteiger partial charge in [0.05, 0.1) is 6.61 Å². The molecule has 1 atom stereocenters. The highest BCUT2D eigenvalue weighted by Crippen LogP contribution is 2.14. The Morgan fingerprint density at radius 3 is 2.70 bits per heavy atom. The van der Waals surface area contributed by atoms with Gasteiger partial charge in [-0.3, -0.25) is 9.59 Å². The fourth-order valence-corrected chi connectivity index (χ4v) is 2.27. The number of likely N-dealkylation sites (N-methyl/N-ethyl adjacent to an activating group) is 1. The lowest BCUT2D eigenvalue weighted by molar-refractivity contribution is -0.132. The minimum absolute atomic E-state index is 0.0248. The Balaban J connectivity index is 1.92. The fraction of sp³-hybridized carbons (Fsp3) is 0.467. The lowest BCUT2D eigenvalue weighted by Gasteiger charge is -2.30. The van der Waals surface area contributed by atoms with E-state index >= 15 is 0 Å². The van der Waals surface area contributed by atoms with Crippen LogP contribution in [0.1, 0.15) is 30.1 Å². The molecule has 20 heavy (non-hydrogen) atoms. The number of piperidine rings is 1. The smallest absolute Gasteiger partial charge is 0.251 e. The molecule has 1 saturated heterocycles. The molecule has 0 aromatic heterocycles. The van der Waals surface area contributed by atoms with Crippen molar-refractivity contribution in [1.29, 1.82) is 0 Å². The molecule has 1 aromatic carbocycles. The van der Waals surface area contributed by atoms with Crippen molar-refractivity contribution < 1.29 is 14.3 Å². The molecule has 0 radical (unpaired) electrons. The van der Waals surface area contributed by atoms with Crippen LogP contribution in [0.3, 0.4) is 0 Å². The van der Waals surface area contributed by atoms with Crippen LogP contribution in [0.2, 0.25) is 0 Å². The highest BCUT2D eigenvalue weighted by molar-refractivity contribution is 5.94. The molecule has 0 aliphatic carbocycles. The number of amides is 2. The van der Waals surface area contributed by atoms with E-state index < -0.39 is 0 Å². The molecule has 1 aliphatic rings. The van der Waals surface area contributed by atoms with Crippen LogP contribution in [0.25, 0.3) is 0 Å². The molecule has 108 valence electrons. The van der Waals surface area contributed by atoms with Crippen molar-refractivity contribution >= 4 is 11.8 Å². The zero-order chi connectivity index (χ0) is 14.5. The number of benzene rings is 1. The van der Waals surface area contributed by atoms with Crippen LogP contribution in [0.15, 0.2) is 24.3 Å². The number of rotatable bonds is 4. The molecular weight excluding hydrogens is 256 g/mol. The van der Waals surface area contributed by atoms with Crippen LogP contribution in [-0.2, 0) is 4.79 Å². The highest BCUT2D eigenvalue weighted by Gasteiger charge is 2.24. The van der Waals surface area contributed by atoms with Gasteiger partial charge in [0.2, 0.25) is 5.91 Å². The van der Waals surface area contributed by atoms with Gasteiger partial charge in [-0.1, -0.05) is 0 Å². The van der Waals surface area contributed by atoms with Gasteiger partial charge < -0.3 is 15.0 Å².